The Bertz CT molecular complexity index is 458. The van der Waals surface area contributed by atoms with Crippen LogP contribution < -0.4 is 10.6 Å². The smallest absolute Gasteiger partial charge is 0.251 e. The van der Waals surface area contributed by atoms with Gasteiger partial charge in [-0.1, -0.05) is 31.0 Å². The molecule has 0 aromatic heterocycles. The van der Waals surface area contributed by atoms with Crippen LogP contribution in [0.25, 0.3) is 0 Å². The van der Waals surface area contributed by atoms with Crippen molar-refractivity contribution < 1.29 is 9.59 Å². The van der Waals surface area contributed by atoms with Gasteiger partial charge in [0.2, 0.25) is 0 Å². The quantitative estimate of drug-likeness (QED) is 0.651. The van der Waals surface area contributed by atoms with Crippen molar-refractivity contribution >= 4 is 11.7 Å². The highest BCUT2D eigenvalue weighted by molar-refractivity contribution is 5.95. The first-order valence-corrected chi connectivity index (χ1v) is 7.65. The third-order valence-electron chi connectivity index (χ3n) is 3.37. The van der Waals surface area contributed by atoms with Crippen molar-refractivity contribution in [2.45, 2.75) is 45.6 Å². The molecule has 1 aromatic carbocycles. The second-order valence-electron chi connectivity index (χ2n) is 5.31. The zero-order valence-corrected chi connectivity index (χ0v) is 13.1. The van der Waals surface area contributed by atoms with E-state index in [0.29, 0.717) is 19.5 Å². The van der Waals surface area contributed by atoms with Gasteiger partial charge in [0.05, 0.1) is 0 Å². The van der Waals surface area contributed by atoms with Gasteiger partial charge in [0.1, 0.15) is 5.78 Å². The van der Waals surface area contributed by atoms with Crippen LogP contribution in [0.15, 0.2) is 24.3 Å². The summed E-state index contributed by atoms with van der Waals surface area (Å²) in [7, 11) is 1.87. The highest BCUT2D eigenvalue weighted by atomic mass is 16.1. The van der Waals surface area contributed by atoms with E-state index in [2.05, 4.69) is 10.6 Å². The van der Waals surface area contributed by atoms with Crippen molar-refractivity contribution in [3.8, 4) is 0 Å². The Kier molecular flexibility index (Phi) is 8.36. The predicted octanol–water partition coefficient (Wildman–Crippen LogP) is 2.68. The number of carbonyl (C=O) groups is 2. The molecule has 0 unspecified atom stereocenters. The average molecular weight is 290 g/mol. The molecule has 0 fully saturated rings. The number of benzene rings is 1. The van der Waals surface area contributed by atoms with Gasteiger partial charge in [-0.3, -0.25) is 4.79 Å². The van der Waals surface area contributed by atoms with E-state index in [1.165, 1.54) is 0 Å². The van der Waals surface area contributed by atoms with Crippen LogP contribution in [0.2, 0.25) is 0 Å². The van der Waals surface area contributed by atoms with Gasteiger partial charge >= 0.3 is 0 Å². The Balaban J connectivity index is 2.26. The minimum absolute atomic E-state index is 0.00964. The fraction of sp³-hybridized carbons (Fsp3) is 0.529. The third kappa shape index (κ3) is 7.04. The maximum atomic E-state index is 12.1. The average Bonchev–Trinajstić information content (AvgIpc) is 2.46. The number of Topliss-reactive ketones (excluding diaryl/α,β-unsaturated/α-hetero) is 1. The maximum absolute atomic E-state index is 12.1. The Hall–Kier alpha value is -1.68. The highest BCUT2D eigenvalue weighted by Gasteiger charge is 2.09. The van der Waals surface area contributed by atoms with E-state index in [4.69, 9.17) is 0 Å². The van der Waals surface area contributed by atoms with Gasteiger partial charge in [-0.15, -0.1) is 0 Å². The maximum Gasteiger partial charge on any atom is 0.251 e. The number of unbranched alkanes of at least 4 members (excludes halogenated alkanes) is 3. The fourth-order valence-corrected chi connectivity index (χ4v) is 2.24. The number of hydrogen-bond donors (Lipinski definition) is 2. The molecule has 0 saturated carbocycles. The van der Waals surface area contributed by atoms with E-state index in [0.717, 1.165) is 36.8 Å². The van der Waals surface area contributed by atoms with Crippen molar-refractivity contribution in [3.63, 3.8) is 0 Å². The summed E-state index contributed by atoms with van der Waals surface area (Å²) in [5, 5.41) is 6.04. The fourth-order valence-electron chi connectivity index (χ4n) is 2.24. The van der Waals surface area contributed by atoms with Crippen LogP contribution in [0.1, 0.15) is 54.9 Å². The molecule has 0 aliphatic rings. The lowest BCUT2D eigenvalue weighted by atomic mass is 10.1. The van der Waals surface area contributed by atoms with Crippen LogP contribution >= 0.6 is 0 Å². The van der Waals surface area contributed by atoms with E-state index in [9.17, 15) is 9.59 Å². The second kappa shape index (κ2) is 10.1. The molecular formula is C17H26N2O2. The van der Waals surface area contributed by atoms with Crippen LogP contribution in [0, 0.1) is 0 Å². The van der Waals surface area contributed by atoms with E-state index in [1.807, 2.05) is 31.3 Å². The molecule has 0 radical (unpaired) electrons. The van der Waals surface area contributed by atoms with Gasteiger partial charge in [-0.25, -0.2) is 0 Å². The highest BCUT2D eigenvalue weighted by Crippen LogP contribution is 2.08. The Morgan fingerprint density at radius 2 is 1.76 bits per heavy atom. The molecule has 1 rings (SSSR count). The van der Waals surface area contributed by atoms with Gasteiger partial charge in [0.15, 0.2) is 0 Å². The summed E-state index contributed by atoms with van der Waals surface area (Å²) in [6.45, 7) is 3.00. The molecule has 0 aliphatic heterocycles. The molecule has 1 amide bonds. The number of nitrogens with one attached hydrogen (secondary N) is 2. The van der Waals surface area contributed by atoms with Crippen molar-refractivity contribution in [2.24, 2.45) is 0 Å². The van der Waals surface area contributed by atoms with Gasteiger partial charge in [0, 0.05) is 25.1 Å². The van der Waals surface area contributed by atoms with Crippen LogP contribution in [0.4, 0.5) is 0 Å². The minimum atomic E-state index is -0.00964. The second-order valence-corrected chi connectivity index (χ2v) is 5.31. The molecule has 0 heterocycles. The summed E-state index contributed by atoms with van der Waals surface area (Å²) in [4.78, 5) is 22.9. The van der Waals surface area contributed by atoms with E-state index in [1.54, 1.807) is 6.92 Å². The Morgan fingerprint density at radius 3 is 2.48 bits per heavy atom. The Morgan fingerprint density at radius 1 is 1.05 bits per heavy atom. The standard InChI is InChI=1S/C17H26N2O2/c1-14(20)9-5-3-4-8-12-19-17(21)16-11-7-6-10-15(16)13-18-2/h6-7,10-11,18H,3-5,8-9,12-13H2,1-2H3,(H,19,21). The molecular weight excluding hydrogens is 264 g/mol. The van der Waals surface area contributed by atoms with Crippen LogP contribution in [0.3, 0.4) is 0 Å². The van der Waals surface area contributed by atoms with Crippen LogP contribution in [0.5, 0.6) is 0 Å². The van der Waals surface area contributed by atoms with Gasteiger partial charge in [0.25, 0.3) is 5.91 Å². The lowest BCUT2D eigenvalue weighted by Gasteiger charge is -2.09. The van der Waals surface area contributed by atoms with Gasteiger partial charge in [-0.05, 0) is 38.4 Å². The van der Waals surface area contributed by atoms with Crippen molar-refractivity contribution in [2.75, 3.05) is 13.6 Å². The van der Waals surface area contributed by atoms with Crippen LogP contribution in [-0.4, -0.2) is 25.3 Å². The molecule has 116 valence electrons. The molecule has 4 heteroatoms. The first-order valence-electron chi connectivity index (χ1n) is 7.65. The Labute approximate surface area is 127 Å². The predicted molar refractivity (Wildman–Crippen MR) is 85.3 cm³/mol. The first-order chi connectivity index (χ1) is 10.1. The molecule has 0 atom stereocenters. The molecule has 21 heavy (non-hydrogen) atoms. The lowest BCUT2D eigenvalue weighted by molar-refractivity contribution is -0.117. The number of amides is 1. The van der Waals surface area contributed by atoms with E-state index >= 15 is 0 Å². The molecule has 2 N–H and O–H groups in total. The monoisotopic (exact) mass is 290 g/mol. The van der Waals surface area contributed by atoms with Crippen molar-refractivity contribution in [1.29, 1.82) is 0 Å². The topological polar surface area (TPSA) is 58.2 Å². The number of carbonyl (C=O) groups excluding carboxylic acids is 2. The lowest BCUT2D eigenvalue weighted by Crippen LogP contribution is -2.26. The molecule has 0 spiro atoms. The van der Waals surface area contributed by atoms with Gasteiger partial charge in [-0.2, -0.15) is 0 Å². The summed E-state index contributed by atoms with van der Waals surface area (Å²) in [5.41, 5.74) is 1.75. The molecule has 1 aromatic rings. The molecule has 4 nitrogen and oxygen atoms in total. The third-order valence-corrected chi connectivity index (χ3v) is 3.37. The largest absolute Gasteiger partial charge is 0.352 e. The first kappa shape index (κ1) is 17.4. The molecule has 0 bridgehead atoms. The van der Waals surface area contributed by atoms with Crippen molar-refractivity contribution in [3.05, 3.63) is 35.4 Å². The summed E-state index contributed by atoms with van der Waals surface area (Å²) in [5.74, 6) is 0.244. The molecule has 0 saturated heterocycles. The summed E-state index contributed by atoms with van der Waals surface area (Å²) >= 11 is 0. The number of hydrogen-bond acceptors (Lipinski definition) is 3. The summed E-state index contributed by atoms with van der Waals surface area (Å²) in [6, 6.07) is 7.65. The summed E-state index contributed by atoms with van der Waals surface area (Å²) in [6.07, 6.45) is 4.67. The zero-order chi connectivity index (χ0) is 15.5. The molecule has 0 aliphatic carbocycles. The minimum Gasteiger partial charge on any atom is -0.352 e. The van der Waals surface area contributed by atoms with E-state index in [-0.39, 0.29) is 11.7 Å². The SMILES string of the molecule is CNCc1ccccc1C(=O)NCCCCCCC(C)=O. The summed E-state index contributed by atoms with van der Waals surface area (Å²) < 4.78 is 0. The van der Waals surface area contributed by atoms with E-state index < -0.39 is 0 Å². The van der Waals surface area contributed by atoms with Gasteiger partial charge < -0.3 is 15.4 Å². The van der Waals surface area contributed by atoms with Crippen molar-refractivity contribution in [1.82, 2.24) is 10.6 Å². The number of rotatable bonds is 10. The normalized spacial score (nSPS) is 10.4. The number of ketones is 1. The zero-order valence-electron chi connectivity index (χ0n) is 13.1. The van der Waals surface area contributed by atoms with Crippen LogP contribution in [-0.2, 0) is 11.3 Å².